The molecule has 2 rings (SSSR count). The average Bonchev–Trinajstić information content (AvgIpc) is 1.95. The molecule has 1 aliphatic heterocycles. The first-order valence-corrected chi connectivity index (χ1v) is 5.16. The Morgan fingerprint density at radius 1 is 1.54 bits per heavy atom. The van der Waals surface area contributed by atoms with E-state index in [0.717, 1.165) is 23.0 Å². The smallest absolute Gasteiger partial charge is 0.130 e. The van der Waals surface area contributed by atoms with Gasteiger partial charge < -0.3 is 5.32 Å². The molecular weight excluding hydrogens is 233 g/mol. The van der Waals surface area contributed by atoms with E-state index in [1.165, 1.54) is 0 Å². The van der Waals surface area contributed by atoms with Gasteiger partial charge in [0, 0.05) is 16.1 Å². The second kappa shape index (κ2) is 3.39. The molecule has 0 bridgehead atoms. The third kappa shape index (κ3) is 1.63. The van der Waals surface area contributed by atoms with Gasteiger partial charge >= 0.3 is 0 Å². The summed E-state index contributed by atoms with van der Waals surface area (Å²) in [5.74, 6) is -0.0691. The molecule has 1 heterocycles. The lowest BCUT2D eigenvalue weighted by molar-refractivity contribution is 0.369. The minimum Gasteiger partial charge on any atom is -0.310 e. The van der Waals surface area contributed by atoms with E-state index in [4.69, 9.17) is 0 Å². The maximum atomic E-state index is 13.6. The fraction of sp³-hybridized carbons (Fsp3) is 0.400. The van der Waals surface area contributed by atoms with E-state index < -0.39 is 0 Å². The summed E-state index contributed by atoms with van der Waals surface area (Å²) in [6.45, 7) is 2.79. The maximum Gasteiger partial charge on any atom is 0.130 e. The van der Waals surface area contributed by atoms with Crippen LogP contribution in [-0.4, -0.2) is 6.54 Å². The third-order valence-corrected chi connectivity index (χ3v) is 2.90. The predicted molar refractivity (Wildman–Crippen MR) is 54.2 cm³/mol. The van der Waals surface area contributed by atoms with E-state index in [-0.39, 0.29) is 11.9 Å². The summed E-state index contributed by atoms with van der Waals surface area (Å²) in [5.41, 5.74) is 1.50. The summed E-state index contributed by atoms with van der Waals surface area (Å²) in [6, 6.07) is 3.88. The van der Waals surface area contributed by atoms with Gasteiger partial charge in [0.2, 0.25) is 0 Å². The van der Waals surface area contributed by atoms with E-state index in [0.29, 0.717) is 5.56 Å². The van der Waals surface area contributed by atoms with E-state index in [1.807, 2.05) is 6.07 Å². The van der Waals surface area contributed by atoms with Crippen molar-refractivity contribution in [2.75, 3.05) is 6.54 Å². The van der Waals surface area contributed by atoms with Crippen LogP contribution in [0.15, 0.2) is 16.6 Å². The van der Waals surface area contributed by atoms with Crippen molar-refractivity contribution in [1.29, 1.82) is 0 Å². The molecule has 1 aliphatic rings. The molecule has 0 radical (unpaired) electrons. The average molecular weight is 244 g/mol. The topological polar surface area (TPSA) is 12.0 Å². The lowest BCUT2D eigenvalue weighted by atomic mass is 9.96. The molecule has 0 aromatic heterocycles. The Bertz CT molecular complexity index is 334. The Morgan fingerprint density at radius 2 is 2.23 bits per heavy atom. The Hall–Kier alpha value is -0.410. The van der Waals surface area contributed by atoms with Crippen LogP contribution in [0.2, 0.25) is 0 Å². The molecule has 1 aromatic rings. The molecule has 0 saturated carbocycles. The third-order valence-electron chi connectivity index (χ3n) is 2.45. The lowest BCUT2D eigenvalue weighted by Gasteiger charge is -2.28. The summed E-state index contributed by atoms with van der Waals surface area (Å²) in [5, 5.41) is 3.20. The number of rotatable bonds is 1. The van der Waals surface area contributed by atoms with Crippen LogP contribution >= 0.6 is 15.9 Å². The van der Waals surface area contributed by atoms with Gasteiger partial charge in [0.15, 0.2) is 0 Å². The van der Waals surface area contributed by atoms with E-state index >= 15 is 0 Å². The van der Waals surface area contributed by atoms with Gasteiger partial charge in [-0.2, -0.15) is 0 Å². The van der Waals surface area contributed by atoms with Crippen molar-refractivity contribution >= 4 is 15.9 Å². The molecule has 1 fully saturated rings. The van der Waals surface area contributed by atoms with Crippen LogP contribution in [0.3, 0.4) is 0 Å². The van der Waals surface area contributed by atoms with Crippen LogP contribution in [0.4, 0.5) is 4.39 Å². The van der Waals surface area contributed by atoms with Crippen molar-refractivity contribution < 1.29 is 4.39 Å². The molecular formula is C10H11BrFN. The number of aryl methyl sites for hydroxylation is 1. The summed E-state index contributed by atoms with van der Waals surface area (Å²) >= 11 is 3.37. The normalized spacial score (nSPS) is 21.3. The van der Waals surface area contributed by atoms with Gasteiger partial charge in [-0.15, -0.1) is 0 Å². The number of hydrogen-bond acceptors (Lipinski definition) is 1. The van der Waals surface area contributed by atoms with Crippen LogP contribution < -0.4 is 5.32 Å². The highest BCUT2D eigenvalue weighted by Gasteiger charge is 2.22. The first-order chi connectivity index (χ1) is 6.18. The minimum absolute atomic E-state index is 0.0691. The van der Waals surface area contributed by atoms with Crippen molar-refractivity contribution in [3.05, 3.63) is 33.5 Å². The van der Waals surface area contributed by atoms with Crippen LogP contribution in [0.5, 0.6) is 0 Å². The van der Waals surface area contributed by atoms with Crippen molar-refractivity contribution in [3.63, 3.8) is 0 Å². The zero-order valence-corrected chi connectivity index (χ0v) is 8.99. The van der Waals surface area contributed by atoms with Crippen molar-refractivity contribution in [2.45, 2.75) is 19.4 Å². The van der Waals surface area contributed by atoms with E-state index in [2.05, 4.69) is 21.2 Å². The summed E-state index contributed by atoms with van der Waals surface area (Å²) in [4.78, 5) is 0. The minimum atomic E-state index is -0.0691. The fourth-order valence-electron chi connectivity index (χ4n) is 1.56. The Kier molecular flexibility index (Phi) is 2.39. The second-order valence-corrected chi connectivity index (χ2v) is 4.34. The van der Waals surface area contributed by atoms with Crippen molar-refractivity contribution in [1.82, 2.24) is 5.32 Å². The first kappa shape index (κ1) is 9.16. The van der Waals surface area contributed by atoms with Crippen molar-refractivity contribution in [2.24, 2.45) is 0 Å². The largest absolute Gasteiger partial charge is 0.310 e. The van der Waals surface area contributed by atoms with Gasteiger partial charge in [0.25, 0.3) is 0 Å². The zero-order chi connectivity index (χ0) is 9.42. The lowest BCUT2D eigenvalue weighted by Crippen LogP contribution is -2.35. The number of hydrogen-bond donors (Lipinski definition) is 1. The van der Waals surface area contributed by atoms with E-state index in [1.54, 1.807) is 13.0 Å². The van der Waals surface area contributed by atoms with Gasteiger partial charge in [-0.1, -0.05) is 15.9 Å². The van der Waals surface area contributed by atoms with E-state index in [9.17, 15) is 4.39 Å². The second-order valence-electron chi connectivity index (χ2n) is 3.42. The molecule has 0 spiro atoms. The van der Waals surface area contributed by atoms with Crippen LogP contribution in [0.25, 0.3) is 0 Å². The Morgan fingerprint density at radius 3 is 2.77 bits per heavy atom. The van der Waals surface area contributed by atoms with Gasteiger partial charge in [0.1, 0.15) is 5.82 Å². The highest BCUT2D eigenvalue weighted by Crippen LogP contribution is 2.29. The van der Waals surface area contributed by atoms with Crippen LogP contribution in [-0.2, 0) is 0 Å². The standard InChI is InChI=1S/C10H11BrFN/c1-6-4-7(11)5-8(10(6)12)9-2-3-13-9/h4-5,9,13H,2-3H2,1H3/t9-/m0/s1. The fourth-order valence-corrected chi connectivity index (χ4v) is 2.15. The molecule has 3 heteroatoms. The summed E-state index contributed by atoms with van der Waals surface area (Å²) in [7, 11) is 0. The first-order valence-electron chi connectivity index (χ1n) is 4.37. The zero-order valence-electron chi connectivity index (χ0n) is 7.40. The Balaban J connectivity index is 2.42. The molecule has 0 amide bonds. The molecule has 1 aromatic carbocycles. The SMILES string of the molecule is Cc1cc(Br)cc([C@@H]2CCN2)c1F. The molecule has 1 nitrogen and oxygen atoms in total. The van der Waals surface area contributed by atoms with Gasteiger partial charge in [-0.25, -0.2) is 4.39 Å². The van der Waals surface area contributed by atoms with Crippen LogP contribution in [0, 0.1) is 12.7 Å². The number of halogens is 2. The number of nitrogens with one attached hydrogen (secondary N) is 1. The molecule has 0 unspecified atom stereocenters. The molecule has 1 atom stereocenters. The summed E-state index contributed by atoms with van der Waals surface area (Å²) in [6.07, 6.45) is 1.03. The quantitative estimate of drug-likeness (QED) is 0.800. The Labute approximate surface area is 85.5 Å². The molecule has 70 valence electrons. The molecule has 0 aliphatic carbocycles. The van der Waals surface area contributed by atoms with Gasteiger partial charge in [-0.3, -0.25) is 0 Å². The predicted octanol–water partition coefficient (Wildman–Crippen LogP) is 2.93. The monoisotopic (exact) mass is 243 g/mol. The molecule has 1 saturated heterocycles. The number of benzene rings is 1. The maximum absolute atomic E-state index is 13.6. The van der Waals surface area contributed by atoms with Gasteiger partial charge in [-0.05, 0) is 37.6 Å². The summed E-state index contributed by atoms with van der Waals surface area (Å²) < 4.78 is 14.5. The molecule has 13 heavy (non-hydrogen) atoms. The van der Waals surface area contributed by atoms with Crippen molar-refractivity contribution in [3.8, 4) is 0 Å². The van der Waals surface area contributed by atoms with Gasteiger partial charge in [0.05, 0.1) is 0 Å². The highest BCUT2D eigenvalue weighted by atomic mass is 79.9. The highest BCUT2D eigenvalue weighted by molar-refractivity contribution is 9.10. The molecule has 1 N–H and O–H groups in total. The van der Waals surface area contributed by atoms with Crippen LogP contribution in [0.1, 0.15) is 23.6 Å².